The van der Waals surface area contributed by atoms with Gasteiger partial charge in [0.05, 0.1) is 29.4 Å². The predicted octanol–water partition coefficient (Wildman–Crippen LogP) is 4.29. The fraction of sp³-hybridized carbons (Fsp3) is 0.136. The van der Waals surface area contributed by atoms with Crippen molar-refractivity contribution in [3.8, 4) is 0 Å². The summed E-state index contributed by atoms with van der Waals surface area (Å²) in [6.45, 7) is 2.40. The van der Waals surface area contributed by atoms with E-state index in [2.05, 4.69) is 18.1 Å². The quantitative estimate of drug-likeness (QED) is 0.324. The van der Waals surface area contributed by atoms with Crippen LogP contribution in [0.1, 0.15) is 17.0 Å². The molecule has 0 fully saturated rings. The molecule has 0 unspecified atom stereocenters. The first-order valence-electron chi connectivity index (χ1n) is 9.26. The maximum Gasteiger partial charge on any atom is 0.262 e. The van der Waals surface area contributed by atoms with Crippen molar-refractivity contribution < 1.29 is 4.42 Å². The third-order valence-electron chi connectivity index (χ3n) is 4.72. The maximum atomic E-state index is 13.1. The van der Waals surface area contributed by atoms with Crippen molar-refractivity contribution in [2.45, 2.75) is 24.4 Å². The van der Waals surface area contributed by atoms with E-state index in [1.165, 1.54) is 17.3 Å². The second-order valence-electron chi connectivity index (χ2n) is 6.88. The van der Waals surface area contributed by atoms with Gasteiger partial charge >= 0.3 is 0 Å². The third-order valence-corrected chi connectivity index (χ3v) is 5.73. The number of benzene rings is 1. The summed E-state index contributed by atoms with van der Waals surface area (Å²) in [4.78, 5) is 22.5. The number of fused-ring (bicyclic) bond motifs is 2. The molecule has 1 aromatic carbocycles. The lowest BCUT2D eigenvalue weighted by Gasteiger charge is -2.11. The summed E-state index contributed by atoms with van der Waals surface area (Å²) < 4.78 is 9.16. The normalized spacial score (nSPS) is 11.5. The van der Waals surface area contributed by atoms with Gasteiger partial charge < -0.3 is 8.82 Å². The van der Waals surface area contributed by atoms with E-state index in [4.69, 9.17) is 9.40 Å². The topological polar surface area (TPSA) is 65.3 Å². The van der Waals surface area contributed by atoms with Crippen molar-refractivity contribution in [2.24, 2.45) is 0 Å². The van der Waals surface area contributed by atoms with Gasteiger partial charge in [-0.1, -0.05) is 30.0 Å². The van der Waals surface area contributed by atoms with Gasteiger partial charge in [0.1, 0.15) is 11.4 Å². The number of pyridine rings is 1. The van der Waals surface area contributed by atoms with Crippen LogP contribution in [0.5, 0.6) is 0 Å². The van der Waals surface area contributed by atoms with Crippen LogP contribution in [-0.4, -0.2) is 18.9 Å². The van der Waals surface area contributed by atoms with Crippen molar-refractivity contribution in [3.63, 3.8) is 0 Å². The highest BCUT2D eigenvalue weighted by Crippen LogP contribution is 2.23. The van der Waals surface area contributed by atoms with E-state index < -0.39 is 0 Å². The molecular formula is C22H18N4O2S. The number of thioether (sulfide) groups is 1. The molecule has 6 nitrogen and oxygen atoms in total. The summed E-state index contributed by atoms with van der Waals surface area (Å²) in [6, 6.07) is 15.2. The summed E-state index contributed by atoms with van der Waals surface area (Å²) in [5.41, 5.74) is 3.65. The standard InChI is InChI=1S/C22H18N4O2S/c1-15-8-9-20-23-16(12-25(20)11-15)14-29-22-24-19-7-3-2-6-18(19)21(27)26(22)13-17-5-4-10-28-17/h2-12H,13-14H2,1H3. The molecule has 0 saturated carbocycles. The van der Waals surface area contributed by atoms with Gasteiger partial charge in [-0.3, -0.25) is 9.36 Å². The van der Waals surface area contributed by atoms with Gasteiger partial charge in [0.15, 0.2) is 5.16 Å². The van der Waals surface area contributed by atoms with E-state index in [-0.39, 0.29) is 5.56 Å². The molecule has 0 saturated heterocycles. The molecule has 0 atom stereocenters. The lowest BCUT2D eigenvalue weighted by atomic mass is 10.2. The number of imidazole rings is 1. The summed E-state index contributed by atoms with van der Waals surface area (Å²) in [5, 5.41) is 1.25. The second-order valence-corrected chi connectivity index (χ2v) is 7.82. The summed E-state index contributed by atoms with van der Waals surface area (Å²) in [6.07, 6.45) is 5.68. The van der Waals surface area contributed by atoms with Crippen molar-refractivity contribution >= 4 is 28.3 Å². The molecule has 0 aliphatic rings. The van der Waals surface area contributed by atoms with Gasteiger partial charge in [-0.05, 0) is 42.8 Å². The highest BCUT2D eigenvalue weighted by molar-refractivity contribution is 7.98. The van der Waals surface area contributed by atoms with Crippen molar-refractivity contribution in [1.29, 1.82) is 0 Å². The molecule has 5 rings (SSSR count). The molecule has 7 heteroatoms. The van der Waals surface area contributed by atoms with Gasteiger partial charge in [0, 0.05) is 18.1 Å². The maximum absolute atomic E-state index is 13.1. The minimum absolute atomic E-state index is 0.0693. The van der Waals surface area contributed by atoms with E-state index in [0.29, 0.717) is 34.1 Å². The number of hydrogen-bond acceptors (Lipinski definition) is 5. The fourth-order valence-electron chi connectivity index (χ4n) is 3.32. The first kappa shape index (κ1) is 17.8. The molecule has 0 aliphatic heterocycles. The van der Waals surface area contributed by atoms with E-state index in [9.17, 15) is 4.79 Å². The second kappa shape index (κ2) is 7.25. The SMILES string of the molecule is Cc1ccc2nc(CSc3nc4ccccc4c(=O)n3Cc3ccco3)cn2c1. The number of nitrogens with zero attached hydrogens (tertiary/aromatic N) is 4. The molecule has 0 amide bonds. The number of hydrogen-bond donors (Lipinski definition) is 0. The first-order chi connectivity index (χ1) is 14.2. The third kappa shape index (κ3) is 3.45. The van der Waals surface area contributed by atoms with Gasteiger partial charge in [0.2, 0.25) is 0 Å². The van der Waals surface area contributed by atoms with Crippen LogP contribution in [0.15, 0.2) is 81.6 Å². The highest BCUT2D eigenvalue weighted by atomic mass is 32.2. The number of rotatable bonds is 5. The molecule has 0 radical (unpaired) electrons. The zero-order chi connectivity index (χ0) is 19.8. The summed E-state index contributed by atoms with van der Waals surface area (Å²) >= 11 is 1.50. The Morgan fingerprint density at radius 2 is 1.93 bits per heavy atom. The van der Waals surface area contributed by atoms with E-state index >= 15 is 0 Å². The number of furan rings is 1. The monoisotopic (exact) mass is 402 g/mol. The average molecular weight is 402 g/mol. The average Bonchev–Trinajstić information content (AvgIpc) is 3.38. The minimum Gasteiger partial charge on any atom is -0.467 e. The minimum atomic E-state index is -0.0693. The molecule has 0 aliphatic carbocycles. The van der Waals surface area contributed by atoms with Crippen LogP contribution in [0.25, 0.3) is 16.6 Å². The van der Waals surface area contributed by atoms with Crippen molar-refractivity contribution in [2.75, 3.05) is 0 Å². The zero-order valence-electron chi connectivity index (χ0n) is 15.8. The van der Waals surface area contributed by atoms with E-state index in [1.54, 1.807) is 10.8 Å². The molecule has 0 spiro atoms. The lowest BCUT2D eigenvalue weighted by molar-refractivity contribution is 0.476. The zero-order valence-corrected chi connectivity index (χ0v) is 16.6. The molecule has 29 heavy (non-hydrogen) atoms. The Bertz CT molecular complexity index is 1370. The first-order valence-corrected chi connectivity index (χ1v) is 10.2. The highest BCUT2D eigenvalue weighted by Gasteiger charge is 2.14. The lowest BCUT2D eigenvalue weighted by Crippen LogP contribution is -2.23. The van der Waals surface area contributed by atoms with Gasteiger partial charge in [-0.2, -0.15) is 0 Å². The van der Waals surface area contributed by atoms with Crippen LogP contribution >= 0.6 is 11.8 Å². The molecule has 5 aromatic rings. The van der Waals surface area contributed by atoms with Gasteiger partial charge in [-0.15, -0.1) is 0 Å². The van der Waals surface area contributed by atoms with Gasteiger partial charge in [-0.25, -0.2) is 9.97 Å². The molecule has 144 valence electrons. The predicted molar refractivity (Wildman–Crippen MR) is 113 cm³/mol. The van der Waals surface area contributed by atoms with Crippen molar-refractivity contribution in [1.82, 2.24) is 18.9 Å². The molecule has 0 N–H and O–H groups in total. The Hall–Kier alpha value is -3.32. The molecule has 4 aromatic heterocycles. The van der Waals surface area contributed by atoms with Crippen LogP contribution in [0.2, 0.25) is 0 Å². The Kier molecular flexibility index (Phi) is 4.44. The Balaban J connectivity index is 1.52. The fourth-order valence-corrected chi connectivity index (χ4v) is 4.20. The smallest absolute Gasteiger partial charge is 0.262 e. The number of aromatic nitrogens is 4. The Morgan fingerprint density at radius 1 is 1.03 bits per heavy atom. The van der Waals surface area contributed by atoms with Gasteiger partial charge in [0.25, 0.3) is 5.56 Å². The van der Waals surface area contributed by atoms with Crippen LogP contribution < -0.4 is 5.56 Å². The van der Waals surface area contributed by atoms with Crippen LogP contribution in [0, 0.1) is 6.92 Å². The molecular weight excluding hydrogens is 384 g/mol. The van der Waals surface area contributed by atoms with E-state index in [0.717, 1.165) is 11.3 Å². The summed E-state index contributed by atoms with van der Waals surface area (Å²) in [7, 11) is 0. The number of para-hydroxylation sites is 1. The van der Waals surface area contributed by atoms with Crippen molar-refractivity contribution in [3.05, 3.63) is 94.6 Å². The number of aryl methyl sites for hydroxylation is 1. The Labute approximate surface area is 170 Å². The van der Waals surface area contributed by atoms with Crippen LogP contribution in [0.4, 0.5) is 0 Å². The Morgan fingerprint density at radius 3 is 2.79 bits per heavy atom. The molecule has 4 heterocycles. The van der Waals surface area contributed by atoms with E-state index in [1.807, 2.05) is 59.1 Å². The molecule has 0 bridgehead atoms. The summed E-state index contributed by atoms with van der Waals surface area (Å²) in [5.74, 6) is 1.33. The van der Waals surface area contributed by atoms with Crippen LogP contribution in [0.3, 0.4) is 0 Å². The van der Waals surface area contributed by atoms with Crippen LogP contribution in [-0.2, 0) is 12.3 Å². The largest absolute Gasteiger partial charge is 0.467 e.